The molecule has 0 saturated heterocycles. The van der Waals surface area contributed by atoms with E-state index in [1.807, 2.05) is 30.3 Å². The van der Waals surface area contributed by atoms with Gasteiger partial charge in [-0.15, -0.1) is 0 Å². The molecule has 0 heterocycles. The van der Waals surface area contributed by atoms with Crippen molar-refractivity contribution in [2.75, 3.05) is 6.61 Å². The van der Waals surface area contributed by atoms with Gasteiger partial charge in [0, 0.05) is 5.92 Å². The number of hydrogen-bond donors (Lipinski definition) is 2. The molecule has 0 amide bonds. The van der Waals surface area contributed by atoms with Crippen LogP contribution in [0.1, 0.15) is 19.4 Å². The summed E-state index contributed by atoms with van der Waals surface area (Å²) in [5, 5.41) is 18.6. The SMILES string of the molecule is C[C@H](C(=O)O)[C@H](O)[C@@H](C)COCc1ccccc1. The average Bonchev–Trinajstić information content (AvgIpc) is 2.38. The van der Waals surface area contributed by atoms with Gasteiger partial charge >= 0.3 is 5.97 Å². The van der Waals surface area contributed by atoms with Crippen molar-refractivity contribution >= 4 is 5.97 Å². The molecule has 0 saturated carbocycles. The normalized spacial score (nSPS) is 15.9. The second-order valence-corrected chi connectivity index (χ2v) is 4.60. The molecule has 1 aromatic rings. The monoisotopic (exact) mass is 252 g/mol. The molecule has 0 aliphatic carbocycles. The summed E-state index contributed by atoms with van der Waals surface area (Å²) in [6, 6.07) is 9.72. The largest absolute Gasteiger partial charge is 0.481 e. The van der Waals surface area contributed by atoms with Crippen molar-refractivity contribution < 1.29 is 19.7 Å². The number of benzene rings is 1. The van der Waals surface area contributed by atoms with Gasteiger partial charge in [0.15, 0.2) is 0 Å². The molecule has 18 heavy (non-hydrogen) atoms. The van der Waals surface area contributed by atoms with E-state index < -0.39 is 18.0 Å². The van der Waals surface area contributed by atoms with Crippen molar-refractivity contribution in [3.8, 4) is 0 Å². The van der Waals surface area contributed by atoms with E-state index >= 15 is 0 Å². The Balaban J connectivity index is 2.33. The Labute approximate surface area is 107 Å². The third kappa shape index (κ3) is 4.47. The van der Waals surface area contributed by atoms with Gasteiger partial charge in [0.05, 0.1) is 25.2 Å². The van der Waals surface area contributed by atoms with E-state index in [9.17, 15) is 9.90 Å². The minimum Gasteiger partial charge on any atom is -0.481 e. The fourth-order valence-corrected chi connectivity index (χ4v) is 1.67. The van der Waals surface area contributed by atoms with Crippen molar-refractivity contribution in [1.29, 1.82) is 0 Å². The smallest absolute Gasteiger partial charge is 0.308 e. The third-order valence-electron chi connectivity index (χ3n) is 2.98. The van der Waals surface area contributed by atoms with E-state index in [2.05, 4.69) is 0 Å². The average molecular weight is 252 g/mol. The van der Waals surface area contributed by atoms with Crippen LogP contribution in [0.15, 0.2) is 30.3 Å². The number of ether oxygens (including phenoxy) is 1. The van der Waals surface area contributed by atoms with Crippen LogP contribution in [0.4, 0.5) is 0 Å². The molecule has 1 rings (SSSR count). The fraction of sp³-hybridized carbons (Fsp3) is 0.500. The Kier molecular flexibility index (Phi) is 5.82. The first-order valence-corrected chi connectivity index (χ1v) is 6.05. The molecule has 0 aromatic heterocycles. The Morgan fingerprint density at radius 3 is 2.44 bits per heavy atom. The van der Waals surface area contributed by atoms with E-state index in [1.165, 1.54) is 6.92 Å². The number of hydrogen-bond acceptors (Lipinski definition) is 3. The van der Waals surface area contributed by atoms with Gasteiger partial charge in [0.25, 0.3) is 0 Å². The maximum atomic E-state index is 10.7. The molecule has 0 aliphatic heterocycles. The number of aliphatic hydroxyl groups excluding tert-OH is 1. The van der Waals surface area contributed by atoms with Crippen molar-refractivity contribution in [2.45, 2.75) is 26.6 Å². The number of aliphatic hydroxyl groups is 1. The highest BCUT2D eigenvalue weighted by Crippen LogP contribution is 2.14. The summed E-state index contributed by atoms with van der Waals surface area (Å²) in [6.07, 6.45) is -0.890. The summed E-state index contributed by atoms with van der Waals surface area (Å²) in [5.74, 6) is -1.97. The lowest BCUT2D eigenvalue weighted by Crippen LogP contribution is -2.33. The standard InChI is InChI=1S/C14H20O4/c1-10(13(15)11(2)14(16)17)8-18-9-12-6-4-3-5-7-12/h3-7,10-11,13,15H,8-9H2,1-2H3,(H,16,17)/t10-,11-,13+/m0/s1. The van der Waals surface area contributed by atoms with E-state index in [4.69, 9.17) is 9.84 Å². The van der Waals surface area contributed by atoms with Gasteiger partial charge in [-0.2, -0.15) is 0 Å². The van der Waals surface area contributed by atoms with E-state index in [-0.39, 0.29) is 5.92 Å². The third-order valence-corrected chi connectivity index (χ3v) is 2.98. The Bertz CT molecular complexity index is 363. The first-order valence-electron chi connectivity index (χ1n) is 6.05. The van der Waals surface area contributed by atoms with Gasteiger partial charge in [0.1, 0.15) is 0 Å². The van der Waals surface area contributed by atoms with Gasteiger partial charge in [0.2, 0.25) is 0 Å². The molecule has 4 nitrogen and oxygen atoms in total. The van der Waals surface area contributed by atoms with Crippen LogP contribution in [-0.2, 0) is 16.1 Å². The molecule has 1 aromatic carbocycles. The van der Waals surface area contributed by atoms with Crippen LogP contribution in [0.2, 0.25) is 0 Å². The fourth-order valence-electron chi connectivity index (χ4n) is 1.67. The lowest BCUT2D eigenvalue weighted by atomic mass is 9.94. The van der Waals surface area contributed by atoms with Crippen LogP contribution in [0, 0.1) is 11.8 Å². The minimum absolute atomic E-state index is 0.209. The molecule has 0 fully saturated rings. The van der Waals surface area contributed by atoms with Gasteiger partial charge < -0.3 is 14.9 Å². The van der Waals surface area contributed by atoms with Crippen LogP contribution in [-0.4, -0.2) is 28.9 Å². The first kappa shape index (κ1) is 14.7. The number of rotatable bonds is 7. The molecule has 0 unspecified atom stereocenters. The minimum atomic E-state index is -0.989. The first-order chi connectivity index (χ1) is 8.52. The molecule has 4 heteroatoms. The van der Waals surface area contributed by atoms with Crippen molar-refractivity contribution in [2.24, 2.45) is 11.8 Å². The van der Waals surface area contributed by atoms with Gasteiger partial charge in [-0.05, 0) is 12.5 Å². The Morgan fingerprint density at radius 1 is 1.28 bits per heavy atom. The molecular weight excluding hydrogens is 232 g/mol. The second-order valence-electron chi connectivity index (χ2n) is 4.60. The number of carboxylic acid groups (broad SMARTS) is 1. The number of carbonyl (C=O) groups is 1. The summed E-state index contributed by atoms with van der Waals surface area (Å²) >= 11 is 0. The summed E-state index contributed by atoms with van der Waals surface area (Å²) in [7, 11) is 0. The van der Waals surface area contributed by atoms with E-state index in [0.717, 1.165) is 5.56 Å². The van der Waals surface area contributed by atoms with Crippen LogP contribution < -0.4 is 0 Å². The zero-order valence-corrected chi connectivity index (χ0v) is 10.7. The van der Waals surface area contributed by atoms with Crippen molar-refractivity contribution in [3.05, 3.63) is 35.9 Å². The van der Waals surface area contributed by atoms with Gasteiger partial charge in [-0.1, -0.05) is 37.3 Å². The summed E-state index contributed by atoms with van der Waals surface area (Å²) in [6.45, 7) is 4.10. The van der Waals surface area contributed by atoms with Crippen molar-refractivity contribution in [3.63, 3.8) is 0 Å². The molecule has 0 spiro atoms. The number of carboxylic acids is 1. The summed E-state index contributed by atoms with van der Waals surface area (Å²) in [5.41, 5.74) is 1.06. The van der Waals surface area contributed by atoms with Crippen molar-refractivity contribution in [1.82, 2.24) is 0 Å². The quantitative estimate of drug-likeness (QED) is 0.778. The Hall–Kier alpha value is -1.39. The molecule has 0 bridgehead atoms. The highest BCUT2D eigenvalue weighted by atomic mass is 16.5. The van der Waals surface area contributed by atoms with Crippen LogP contribution in [0.3, 0.4) is 0 Å². The van der Waals surface area contributed by atoms with Gasteiger partial charge in [-0.3, -0.25) is 4.79 Å². The molecule has 0 aliphatic rings. The maximum absolute atomic E-state index is 10.7. The molecule has 3 atom stereocenters. The van der Waals surface area contributed by atoms with Crippen LogP contribution >= 0.6 is 0 Å². The second kappa shape index (κ2) is 7.13. The number of aliphatic carboxylic acids is 1. The zero-order chi connectivity index (χ0) is 13.5. The van der Waals surface area contributed by atoms with Crippen LogP contribution in [0.5, 0.6) is 0 Å². The molecule has 0 radical (unpaired) electrons. The molecule has 100 valence electrons. The Morgan fingerprint density at radius 2 is 1.89 bits per heavy atom. The summed E-state index contributed by atoms with van der Waals surface area (Å²) in [4.78, 5) is 10.7. The lowest BCUT2D eigenvalue weighted by molar-refractivity contribution is -0.146. The van der Waals surface area contributed by atoms with Crippen LogP contribution in [0.25, 0.3) is 0 Å². The molecular formula is C14H20O4. The highest BCUT2D eigenvalue weighted by molar-refractivity contribution is 5.70. The lowest BCUT2D eigenvalue weighted by Gasteiger charge is -2.22. The topological polar surface area (TPSA) is 66.8 Å². The van der Waals surface area contributed by atoms with E-state index in [1.54, 1.807) is 6.92 Å². The molecule has 2 N–H and O–H groups in total. The predicted molar refractivity (Wildman–Crippen MR) is 68.1 cm³/mol. The zero-order valence-electron chi connectivity index (χ0n) is 10.7. The summed E-state index contributed by atoms with van der Waals surface area (Å²) < 4.78 is 5.48. The maximum Gasteiger partial charge on any atom is 0.308 e. The predicted octanol–water partition coefficient (Wildman–Crippen LogP) is 1.92. The van der Waals surface area contributed by atoms with Gasteiger partial charge in [-0.25, -0.2) is 0 Å². The van der Waals surface area contributed by atoms with E-state index in [0.29, 0.717) is 13.2 Å². The highest BCUT2D eigenvalue weighted by Gasteiger charge is 2.26.